The van der Waals surface area contributed by atoms with Crippen LogP contribution in [0.5, 0.6) is 0 Å². The van der Waals surface area contributed by atoms with Gasteiger partial charge in [-0.05, 0) is 115 Å². The molecular weight excluding hydrogens is 800 g/mol. The Bertz CT molecular complexity index is 3550. The Morgan fingerprint density at radius 1 is 0.500 bits per heavy atom. The van der Waals surface area contributed by atoms with E-state index in [4.69, 9.17) is 4.42 Å². The third-order valence-corrected chi connectivity index (χ3v) is 16.5. The van der Waals surface area contributed by atoms with Crippen molar-refractivity contribution in [3.63, 3.8) is 0 Å². The lowest BCUT2D eigenvalue weighted by atomic mass is 9.55. The normalized spacial score (nSPS) is 17.2. The number of nitrogens with zero attached hydrogens (tertiary/aromatic N) is 1. The molecule has 2 aliphatic heterocycles. The van der Waals surface area contributed by atoms with E-state index < -0.39 is 0 Å². The van der Waals surface area contributed by atoms with Gasteiger partial charge < -0.3 is 14.6 Å². The summed E-state index contributed by atoms with van der Waals surface area (Å²) in [5.41, 5.74) is 26.2. The number of hydrogen-bond donors (Lipinski definition) is 1. The van der Waals surface area contributed by atoms with Crippen LogP contribution in [0.4, 0.5) is 28.4 Å². The quantitative estimate of drug-likeness (QED) is 0.179. The maximum absolute atomic E-state index is 7.02. The zero-order chi connectivity index (χ0) is 45.1. The number of fused-ring (bicyclic) bond motifs is 11. The molecule has 1 N–H and O–H groups in total. The molecule has 66 heavy (non-hydrogen) atoms. The number of anilines is 5. The first-order valence-electron chi connectivity index (χ1n) is 24.0. The molecule has 0 saturated heterocycles. The molecule has 8 aromatic carbocycles. The van der Waals surface area contributed by atoms with Crippen molar-refractivity contribution >= 4 is 68.6 Å². The van der Waals surface area contributed by atoms with Crippen molar-refractivity contribution < 1.29 is 4.42 Å². The third-order valence-electron chi connectivity index (χ3n) is 16.5. The zero-order valence-electron chi connectivity index (χ0n) is 39.4. The molecule has 0 fully saturated rings. The van der Waals surface area contributed by atoms with Crippen LogP contribution in [-0.4, -0.2) is 7.28 Å². The minimum atomic E-state index is -0.193. The predicted octanol–water partition coefficient (Wildman–Crippen LogP) is 15.1. The summed E-state index contributed by atoms with van der Waals surface area (Å²) in [7, 11) is 0.803. The highest BCUT2D eigenvalue weighted by molar-refractivity contribution is 6.74. The molecule has 0 amide bonds. The number of para-hydroxylation sites is 2. The van der Waals surface area contributed by atoms with Gasteiger partial charge in [-0.1, -0.05) is 182 Å². The molecule has 1 aromatic heterocycles. The fourth-order valence-corrected chi connectivity index (χ4v) is 12.9. The Kier molecular flexibility index (Phi) is 8.04. The second kappa shape index (κ2) is 13.4. The van der Waals surface area contributed by atoms with E-state index in [0.29, 0.717) is 0 Å². The summed E-state index contributed by atoms with van der Waals surface area (Å²) in [5.74, 6) is 0. The topological polar surface area (TPSA) is 28.4 Å². The van der Waals surface area contributed by atoms with Crippen molar-refractivity contribution in [1.82, 2.24) is 0 Å². The monoisotopic (exact) mass is 854 g/mol. The molecule has 3 heterocycles. The van der Waals surface area contributed by atoms with Gasteiger partial charge >= 0.3 is 0 Å². The van der Waals surface area contributed by atoms with Gasteiger partial charge in [-0.25, -0.2) is 0 Å². The fraction of sp³-hybridized carbons (Fsp3) is 0.226. The van der Waals surface area contributed by atoms with Crippen LogP contribution in [0.15, 0.2) is 156 Å². The Morgan fingerprint density at radius 3 is 2.02 bits per heavy atom. The van der Waals surface area contributed by atoms with Gasteiger partial charge in [0.05, 0.1) is 5.69 Å². The summed E-state index contributed by atoms with van der Waals surface area (Å²) < 4.78 is 7.02. The largest absolute Gasteiger partial charge is 0.456 e. The number of rotatable bonds is 4. The summed E-state index contributed by atoms with van der Waals surface area (Å²) in [4.78, 5) is 2.65. The molecule has 0 unspecified atom stereocenters. The molecule has 322 valence electrons. The smallest absolute Gasteiger partial charge is 0.198 e. The highest BCUT2D eigenvalue weighted by Gasteiger charge is 2.46. The lowest BCUT2D eigenvalue weighted by Gasteiger charge is -2.49. The van der Waals surface area contributed by atoms with Gasteiger partial charge in [0, 0.05) is 56.0 Å². The Morgan fingerprint density at radius 2 is 1.20 bits per heavy atom. The number of furan rings is 1. The molecule has 4 heteroatoms. The van der Waals surface area contributed by atoms with Gasteiger partial charge in [-0.15, -0.1) is 0 Å². The highest BCUT2D eigenvalue weighted by atomic mass is 16.3. The third kappa shape index (κ3) is 5.39. The molecule has 0 radical (unpaired) electrons. The summed E-state index contributed by atoms with van der Waals surface area (Å²) in [6, 6.07) is 56.9. The second-order valence-electron chi connectivity index (χ2n) is 22.0. The summed E-state index contributed by atoms with van der Waals surface area (Å²) in [6.45, 7) is 19.5. The van der Waals surface area contributed by atoms with Crippen molar-refractivity contribution in [2.24, 2.45) is 0 Å². The summed E-state index contributed by atoms with van der Waals surface area (Å²) in [6.07, 6.45) is 2.35. The van der Waals surface area contributed by atoms with Gasteiger partial charge in [-0.2, -0.15) is 0 Å². The van der Waals surface area contributed by atoms with Crippen molar-refractivity contribution in [1.29, 1.82) is 0 Å². The Labute approximate surface area is 389 Å². The maximum atomic E-state index is 7.02. The molecule has 9 aromatic rings. The van der Waals surface area contributed by atoms with Crippen molar-refractivity contribution in [3.05, 3.63) is 185 Å². The van der Waals surface area contributed by atoms with Crippen LogP contribution in [0.25, 0.3) is 55.3 Å². The molecule has 0 saturated carbocycles. The second-order valence-corrected chi connectivity index (χ2v) is 22.0. The highest BCUT2D eigenvalue weighted by Crippen LogP contribution is 2.58. The van der Waals surface area contributed by atoms with E-state index in [2.05, 4.69) is 217 Å². The molecule has 0 atom stereocenters. The minimum absolute atomic E-state index is 0.0604. The van der Waals surface area contributed by atoms with Crippen LogP contribution in [0.2, 0.25) is 0 Å². The first-order chi connectivity index (χ1) is 31.7. The fourth-order valence-electron chi connectivity index (χ4n) is 12.9. The van der Waals surface area contributed by atoms with Gasteiger partial charge in [0.15, 0.2) is 7.28 Å². The predicted molar refractivity (Wildman–Crippen MR) is 280 cm³/mol. The summed E-state index contributed by atoms with van der Waals surface area (Å²) in [5, 5.41) is 6.48. The van der Waals surface area contributed by atoms with E-state index in [-0.39, 0.29) is 21.7 Å². The molecule has 13 rings (SSSR count). The first-order valence-corrected chi connectivity index (χ1v) is 24.0. The van der Waals surface area contributed by atoms with Crippen molar-refractivity contribution in [2.75, 3.05) is 10.2 Å². The van der Waals surface area contributed by atoms with E-state index >= 15 is 0 Å². The molecular formula is C62H55BN2O. The maximum Gasteiger partial charge on any atom is 0.198 e. The van der Waals surface area contributed by atoms with E-state index in [0.717, 1.165) is 40.6 Å². The first kappa shape index (κ1) is 39.6. The Hall–Kier alpha value is -6.78. The van der Waals surface area contributed by atoms with Crippen LogP contribution < -0.4 is 21.1 Å². The number of nitrogens with one attached hydrogen (secondary N) is 1. The van der Waals surface area contributed by atoms with Crippen LogP contribution in [0, 0.1) is 0 Å². The number of benzene rings is 8. The van der Waals surface area contributed by atoms with E-state index in [1.807, 2.05) is 0 Å². The van der Waals surface area contributed by atoms with Crippen molar-refractivity contribution in [3.8, 4) is 33.4 Å². The molecule has 4 aliphatic rings. The Balaban J connectivity index is 1.11. The SMILES string of the molecule is CC1(C)CCC(C)(C)c2cc3c(cc21)N1c2cc4oc5ccccc5c4c(-c4ccc(-c5ccccc5)cc4Nc4cccc5c4C(C)(C)c4ccccc4-5)c2Bc2cccc(c21)C3(C)C. The van der Waals surface area contributed by atoms with Crippen LogP contribution in [0.1, 0.15) is 102 Å². The van der Waals surface area contributed by atoms with E-state index in [9.17, 15) is 0 Å². The minimum Gasteiger partial charge on any atom is -0.456 e. The van der Waals surface area contributed by atoms with E-state index in [1.54, 1.807) is 0 Å². The lowest BCUT2D eigenvalue weighted by molar-refractivity contribution is 0.331. The standard InChI is InChI=1S/C62H55BN2O/c1-59(2)30-31-60(3,4)45-34-50-46(33-44(45)59)61(5,6)43-24-17-25-47-58(43)65(50)51-35-53-54(41-21-13-15-27-52(41)66-53)55(57(51)63-47)40-29-28-37(36-18-10-9-11-19-36)32-49(40)64-48-26-16-22-39-38-20-12-14-23-42(38)62(7,8)56(39)48/h9-29,32-35,63-64H,30-31H2,1-8H3. The molecule has 3 nitrogen and oxygen atoms in total. The number of hydrogen-bond acceptors (Lipinski definition) is 3. The molecule has 2 aliphatic carbocycles. The summed E-state index contributed by atoms with van der Waals surface area (Å²) >= 11 is 0. The van der Waals surface area contributed by atoms with E-state index in [1.165, 1.54) is 108 Å². The van der Waals surface area contributed by atoms with Crippen molar-refractivity contribution in [2.45, 2.75) is 89.9 Å². The average molecular weight is 855 g/mol. The van der Waals surface area contributed by atoms with Gasteiger partial charge in [0.25, 0.3) is 0 Å². The van der Waals surface area contributed by atoms with Gasteiger partial charge in [-0.3, -0.25) is 0 Å². The van der Waals surface area contributed by atoms with Crippen LogP contribution in [-0.2, 0) is 21.7 Å². The molecule has 0 bridgehead atoms. The van der Waals surface area contributed by atoms with Crippen LogP contribution in [0.3, 0.4) is 0 Å². The average Bonchev–Trinajstić information content (AvgIpc) is 3.80. The lowest BCUT2D eigenvalue weighted by Crippen LogP contribution is -2.46. The molecule has 0 spiro atoms. The van der Waals surface area contributed by atoms with Gasteiger partial charge in [0.1, 0.15) is 11.2 Å². The zero-order valence-corrected chi connectivity index (χ0v) is 39.4. The van der Waals surface area contributed by atoms with Gasteiger partial charge in [0.2, 0.25) is 0 Å². The van der Waals surface area contributed by atoms with Crippen LogP contribution >= 0.6 is 0 Å².